The summed E-state index contributed by atoms with van der Waals surface area (Å²) < 4.78 is 0. The SMILES string of the molecule is CNC(=O)CN(C)C(=O)NC(CC(=O)O)C(C)(C)C. The van der Waals surface area contributed by atoms with Crippen LogP contribution < -0.4 is 10.6 Å². The van der Waals surface area contributed by atoms with Crippen LogP contribution in [0.15, 0.2) is 0 Å². The van der Waals surface area contributed by atoms with E-state index in [2.05, 4.69) is 10.6 Å². The van der Waals surface area contributed by atoms with Crippen LogP contribution in [0.4, 0.5) is 4.79 Å². The molecule has 0 aromatic heterocycles. The van der Waals surface area contributed by atoms with Crippen LogP contribution in [0.3, 0.4) is 0 Å². The van der Waals surface area contributed by atoms with E-state index in [0.29, 0.717) is 0 Å². The number of aliphatic carboxylic acids is 1. The van der Waals surface area contributed by atoms with Crippen LogP contribution >= 0.6 is 0 Å². The Morgan fingerprint density at radius 3 is 2.16 bits per heavy atom. The summed E-state index contributed by atoms with van der Waals surface area (Å²) in [5.74, 6) is -1.27. The Kier molecular flexibility index (Phi) is 6.31. The van der Waals surface area contributed by atoms with E-state index in [4.69, 9.17) is 5.11 Å². The standard InChI is InChI=1S/C12H23N3O4/c1-12(2,3)8(6-10(17)18)14-11(19)15(5)7-9(16)13-4/h8H,6-7H2,1-5H3,(H,13,16)(H,14,19)(H,17,18). The molecule has 19 heavy (non-hydrogen) atoms. The third kappa shape index (κ3) is 6.64. The fourth-order valence-corrected chi connectivity index (χ4v) is 1.37. The molecule has 0 fully saturated rings. The molecule has 3 N–H and O–H groups in total. The van der Waals surface area contributed by atoms with Gasteiger partial charge in [0, 0.05) is 20.1 Å². The lowest BCUT2D eigenvalue weighted by molar-refractivity contribution is -0.138. The fraction of sp³-hybridized carbons (Fsp3) is 0.750. The van der Waals surface area contributed by atoms with E-state index >= 15 is 0 Å². The van der Waals surface area contributed by atoms with Gasteiger partial charge in [0.25, 0.3) is 0 Å². The van der Waals surface area contributed by atoms with Crippen molar-refractivity contribution in [2.75, 3.05) is 20.6 Å². The Hall–Kier alpha value is -1.79. The van der Waals surface area contributed by atoms with Crippen LogP contribution in [0.5, 0.6) is 0 Å². The number of carboxylic acids is 1. The lowest BCUT2D eigenvalue weighted by atomic mass is 9.85. The van der Waals surface area contributed by atoms with Crippen molar-refractivity contribution >= 4 is 17.9 Å². The molecule has 110 valence electrons. The maximum Gasteiger partial charge on any atom is 0.317 e. The second-order valence-corrected chi connectivity index (χ2v) is 5.50. The Balaban J connectivity index is 4.63. The van der Waals surface area contributed by atoms with E-state index in [1.165, 1.54) is 19.0 Å². The molecule has 0 saturated carbocycles. The third-order valence-corrected chi connectivity index (χ3v) is 2.73. The van der Waals surface area contributed by atoms with Crippen molar-refractivity contribution in [3.05, 3.63) is 0 Å². The number of nitrogens with one attached hydrogen (secondary N) is 2. The summed E-state index contributed by atoms with van der Waals surface area (Å²) in [5.41, 5.74) is -0.387. The molecule has 0 saturated heterocycles. The van der Waals surface area contributed by atoms with E-state index in [0.717, 1.165) is 0 Å². The highest BCUT2D eigenvalue weighted by Gasteiger charge is 2.29. The van der Waals surface area contributed by atoms with Crippen LogP contribution in [0.25, 0.3) is 0 Å². The third-order valence-electron chi connectivity index (χ3n) is 2.73. The highest BCUT2D eigenvalue weighted by Crippen LogP contribution is 2.22. The Morgan fingerprint density at radius 1 is 1.26 bits per heavy atom. The number of carboxylic acid groups (broad SMARTS) is 1. The molecule has 1 atom stereocenters. The van der Waals surface area contributed by atoms with Crippen molar-refractivity contribution < 1.29 is 19.5 Å². The van der Waals surface area contributed by atoms with E-state index in [1.54, 1.807) is 0 Å². The molecule has 0 aliphatic heterocycles. The quantitative estimate of drug-likeness (QED) is 0.669. The molecule has 0 bridgehead atoms. The Bertz CT molecular complexity index is 349. The predicted octanol–water partition coefficient (Wildman–Crippen LogP) is 0.263. The minimum atomic E-state index is -0.978. The highest BCUT2D eigenvalue weighted by atomic mass is 16.4. The number of amides is 3. The fourth-order valence-electron chi connectivity index (χ4n) is 1.37. The lowest BCUT2D eigenvalue weighted by Crippen LogP contribution is -2.51. The average Bonchev–Trinajstić information content (AvgIpc) is 2.25. The molecule has 7 heteroatoms. The number of rotatable bonds is 5. The van der Waals surface area contributed by atoms with Gasteiger partial charge in [-0.1, -0.05) is 20.8 Å². The van der Waals surface area contributed by atoms with Gasteiger partial charge in [-0.15, -0.1) is 0 Å². The van der Waals surface area contributed by atoms with Crippen molar-refractivity contribution in [3.8, 4) is 0 Å². The zero-order chi connectivity index (χ0) is 15.2. The molecule has 1 unspecified atom stereocenters. The van der Waals surface area contributed by atoms with Gasteiger partial charge in [-0.05, 0) is 5.41 Å². The summed E-state index contributed by atoms with van der Waals surface area (Å²) in [4.78, 5) is 35.0. The number of nitrogens with zero attached hydrogens (tertiary/aromatic N) is 1. The number of urea groups is 1. The maximum absolute atomic E-state index is 11.9. The molecule has 0 aliphatic rings. The van der Waals surface area contributed by atoms with Crippen molar-refractivity contribution in [1.82, 2.24) is 15.5 Å². The van der Waals surface area contributed by atoms with Crippen molar-refractivity contribution in [3.63, 3.8) is 0 Å². The molecule has 0 radical (unpaired) electrons. The van der Waals surface area contributed by atoms with Gasteiger partial charge in [0.1, 0.15) is 6.54 Å². The molecule has 0 rings (SSSR count). The van der Waals surface area contributed by atoms with Gasteiger partial charge in [-0.25, -0.2) is 4.79 Å². The number of carbonyl (C=O) groups is 3. The van der Waals surface area contributed by atoms with Gasteiger partial charge in [0.05, 0.1) is 6.42 Å². The van der Waals surface area contributed by atoms with Crippen LogP contribution in [0.1, 0.15) is 27.2 Å². The van der Waals surface area contributed by atoms with Crippen LogP contribution in [-0.4, -0.2) is 54.6 Å². The first-order valence-corrected chi connectivity index (χ1v) is 6.02. The molecular weight excluding hydrogens is 250 g/mol. The van der Waals surface area contributed by atoms with Gasteiger partial charge in [0.2, 0.25) is 5.91 Å². The smallest absolute Gasteiger partial charge is 0.317 e. The molecule has 3 amide bonds. The topological polar surface area (TPSA) is 98.7 Å². The minimum absolute atomic E-state index is 0.0771. The summed E-state index contributed by atoms with van der Waals surface area (Å²) in [5, 5.41) is 13.9. The van der Waals surface area contributed by atoms with Crippen molar-refractivity contribution in [2.45, 2.75) is 33.2 Å². The predicted molar refractivity (Wildman–Crippen MR) is 70.7 cm³/mol. The maximum atomic E-state index is 11.9. The zero-order valence-corrected chi connectivity index (χ0v) is 12.1. The largest absolute Gasteiger partial charge is 0.481 e. The molecule has 0 heterocycles. The van der Waals surface area contributed by atoms with Gasteiger partial charge >= 0.3 is 12.0 Å². The summed E-state index contributed by atoms with van der Waals surface area (Å²) in [6, 6.07) is -0.977. The van der Waals surface area contributed by atoms with E-state index < -0.39 is 18.0 Å². The second-order valence-electron chi connectivity index (χ2n) is 5.50. The van der Waals surface area contributed by atoms with E-state index in [1.807, 2.05) is 20.8 Å². The van der Waals surface area contributed by atoms with Crippen molar-refractivity contribution in [2.24, 2.45) is 5.41 Å². The van der Waals surface area contributed by atoms with Gasteiger partial charge < -0.3 is 20.6 Å². The highest BCUT2D eigenvalue weighted by molar-refractivity contribution is 5.84. The van der Waals surface area contributed by atoms with Crippen LogP contribution in [-0.2, 0) is 9.59 Å². The monoisotopic (exact) mass is 273 g/mol. The Labute approximate surface area is 113 Å². The van der Waals surface area contributed by atoms with Gasteiger partial charge in [-0.2, -0.15) is 0 Å². The first kappa shape index (κ1) is 17.2. The summed E-state index contributed by atoms with van der Waals surface area (Å²) >= 11 is 0. The molecular formula is C12H23N3O4. The first-order chi connectivity index (χ1) is 8.57. The first-order valence-electron chi connectivity index (χ1n) is 6.02. The van der Waals surface area contributed by atoms with Gasteiger partial charge in [-0.3, -0.25) is 9.59 Å². The lowest BCUT2D eigenvalue weighted by Gasteiger charge is -2.31. The van der Waals surface area contributed by atoms with Crippen LogP contribution in [0, 0.1) is 5.41 Å². The number of likely N-dealkylation sites (N-methyl/N-ethyl adjacent to an activating group) is 2. The summed E-state index contributed by atoms with van der Waals surface area (Å²) in [7, 11) is 2.96. The number of hydrogen-bond acceptors (Lipinski definition) is 3. The second kappa shape index (κ2) is 6.96. The number of hydrogen-bond donors (Lipinski definition) is 3. The van der Waals surface area contributed by atoms with E-state index in [9.17, 15) is 14.4 Å². The molecule has 0 aliphatic carbocycles. The molecule has 0 spiro atoms. The normalized spacial score (nSPS) is 12.5. The van der Waals surface area contributed by atoms with Gasteiger partial charge in [0.15, 0.2) is 0 Å². The summed E-state index contributed by atoms with van der Waals surface area (Å²) in [6.07, 6.45) is -0.164. The molecule has 0 aromatic rings. The molecule has 0 aromatic carbocycles. The van der Waals surface area contributed by atoms with Crippen molar-refractivity contribution in [1.29, 1.82) is 0 Å². The summed E-state index contributed by atoms with van der Waals surface area (Å²) in [6.45, 7) is 5.46. The average molecular weight is 273 g/mol. The Morgan fingerprint density at radius 2 is 1.79 bits per heavy atom. The van der Waals surface area contributed by atoms with E-state index in [-0.39, 0.29) is 24.3 Å². The van der Waals surface area contributed by atoms with Crippen LogP contribution in [0.2, 0.25) is 0 Å². The zero-order valence-electron chi connectivity index (χ0n) is 12.1. The minimum Gasteiger partial charge on any atom is -0.481 e. The molecule has 7 nitrogen and oxygen atoms in total. The number of carbonyl (C=O) groups excluding carboxylic acids is 2.